The van der Waals surface area contributed by atoms with Crippen molar-refractivity contribution in [2.45, 2.75) is 6.54 Å². The Morgan fingerprint density at radius 3 is 2.88 bits per heavy atom. The molecule has 0 atom stereocenters. The van der Waals surface area contributed by atoms with E-state index >= 15 is 0 Å². The summed E-state index contributed by atoms with van der Waals surface area (Å²) in [7, 11) is 0. The molecule has 1 fully saturated rings. The van der Waals surface area contributed by atoms with Crippen LogP contribution in [0.15, 0.2) is 17.2 Å². The van der Waals surface area contributed by atoms with Crippen molar-refractivity contribution in [1.82, 2.24) is 19.8 Å². The van der Waals surface area contributed by atoms with Gasteiger partial charge in [0.15, 0.2) is 0 Å². The Balaban J connectivity index is 1.99. The van der Waals surface area contributed by atoms with Gasteiger partial charge < -0.3 is 10.2 Å². The third-order valence-corrected chi connectivity index (χ3v) is 2.61. The minimum Gasteiger partial charge on any atom is -0.336 e. The van der Waals surface area contributed by atoms with Gasteiger partial charge in [-0.2, -0.15) is 0 Å². The van der Waals surface area contributed by atoms with E-state index in [0.29, 0.717) is 26.2 Å². The second-order valence-corrected chi connectivity index (χ2v) is 3.85. The number of carbonyl (C=O) groups excluding carboxylic acids is 1. The first-order chi connectivity index (χ1) is 7.66. The van der Waals surface area contributed by atoms with Gasteiger partial charge in [-0.15, -0.1) is 0 Å². The monoisotopic (exact) mass is 242 g/mol. The molecule has 1 aromatic heterocycles. The van der Waals surface area contributed by atoms with Crippen molar-refractivity contribution < 1.29 is 4.79 Å². The van der Waals surface area contributed by atoms with Crippen LogP contribution in [0.2, 0.25) is 5.15 Å². The summed E-state index contributed by atoms with van der Waals surface area (Å²) in [6.45, 7) is 2.26. The first-order valence-corrected chi connectivity index (χ1v) is 5.29. The molecule has 7 heteroatoms. The molecule has 2 rings (SSSR count). The van der Waals surface area contributed by atoms with Gasteiger partial charge in [0, 0.05) is 32.2 Å². The van der Waals surface area contributed by atoms with Crippen molar-refractivity contribution in [3.05, 3.63) is 27.9 Å². The van der Waals surface area contributed by atoms with Crippen LogP contribution < -0.4 is 10.9 Å². The van der Waals surface area contributed by atoms with Gasteiger partial charge in [0.1, 0.15) is 5.15 Å². The van der Waals surface area contributed by atoms with Crippen molar-refractivity contribution in [2.75, 3.05) is 19.6 Å². The summed E-state index contributed by atoms with van der Waals surface area (Å²) in [5.74, 6) is 0. The molecule has 6 nitrogen and oxygen atoms in total. The van der Waals surface area contributed by atoms with E-state index in [1.54, 1.807) is 4.90 Å². The summed E-state index contributed by atoms with van der Waals surface area (Å²) in [5.41, 5.74) is -0.209. The molecule has 1 aliphatic heterocycles. The van der Waals surface area contributed by atoms with Crippen LogP contribution in [0.25, 0.3) is 0 Å². The molecule has 0 unspecified atom stereocenters. The first-order valence-electron chi connectivity index (χ1n) is 4.91. The normalized spacial score (nSPS) is 15.3. The molecular formula is C9H11ClN4O2. The fourth-order valence-electron chi connectivity index (χ4n) is 1.52. The van der Waals surface area contributed by atoms with Gasteiger partial charge in [-0.25, -0.2) is 9.78 Å². The van der Waals surface area contributed by atoms with Crippen LogP contribution in [0.3, 0.4) is 0 Å². The van der Waals surface area contributed by atoms with Crippen molar-refractivity contribution in [1.29, 1.82) is 0 Å². The van der Waals surface area contributed by atoms with Gasteiger partial charge in [-0.1, -0.05) is 11.6 Å². The molecule has 1 aromatic rings. The molecule has 0 saturated carbocycles. The number of rotatable bonds is 3. The maximum Gasteiger partial charge on any atom is 0.317 e. The van der Waals surface area contributed by atoms with E-state index in [4.69, 9.17) is 11.6 Å². The highest BCUT2D eigenvalue weighted by atomic mass is 35.5. The topological polar surface area (TPSA) is 67.2 Å². The molecule has 0 aromatic carbocycles. The third kappa shape index (κ3) is 2.33. The highest BCUT2D eigenvalue weighted by Gasteiger charge is 2.18. The number of carbonyl (C=O) groups is 1. The molecule has 2 heterocycles. The van der Waals surface area contributed by atoms with Crippen molar-refractivity contribution in [2.24, 2.45) is 0 Å². The Kier molecular flexibility index (Phi) is 3.09. The molecule has 0 radical (unpaired) electrons. The van der Waals surface area contributed by atoms with Crippen LogP contribution in [0.1, 0.15) is 0 Å². The summed E-state index contributed by atoms with van der Waals surface area (Å²) >= 11 is 5.57. The summed E-state index contributed by atoms with van der Waals surface area (Å²) in [6, 6.07) is 1.17. The summed E-state index contributed by atoms with van der Waals surface area (Å²) in [6.07, 6.45) is 1.39. The minimum absolute atomic E-state index is 0.0880. The number of nitrogens with zero attached hydrogens (tertiary/aromatic N) is 3. The van der Waals surface area contributed by atoms with Crippen LogP contribution in [-0.4, -0.2) is 40.1 Å². The zero-order valence-corrected chi connectivity index (χ0v) is 9.28. The molecule has 2 amide bonds. The second-order valence-electron chi connectivity index (χ2n) is 3.46. The zero-order chi connectivity index (χ0) is 11.5. The van der Waals surface area contributed by atoms with E-state index in [2.05, 4.69) is 10.3 Å². The maximum atomic E-state index is 11.4. The Labute approximate surface area is 96.8 Å². The molecule has 0 spiro atoms. The highest BCUT2D eigenvalue weighted by Crippen LogP contribution is 1.99. The number of nitrogens with one attached hydrogen (secondary N) is 1. The van der Waals surface area contributed by atoms with Crippen LogP contribution >= 0.6 is 11.6 Å². The Bertz CT molecular complexity index is 459. The standard InChI is InChI=1S/C9H11ClN4O2/c10-7-5-8(15)14(6-12-7)4-3-13-2-1-11-9(13)16/h5-6H,1-4H2,(H,11,16). The molecule has 0 bridgehead atoms. The SMILES string of the molecule is O=C1NCCN1CCn1cnc(Cl)cc1=O. The summed E-state index contributed by atoms with van der Waals surface area (Å²) < 4.78 is 1.43. The van der Waals surface area contributed by atoms with Gasteiger partial charge in [-0.05, 0) is 0 Å². The van der Waals surface area contributed by atoms with Crippen molar-refractivity contribution >= 4 is 17.6 Å². The predicted octanol–water partition coefficient (Wildman–Crippen LogP) is -0.0781. The maximum absolute atomic E-state index is 11.4. The fourth-order valence-corrected chi connectivity index (χ4v) is 1.66. The smallest absolute Gasteiger partial charge is 0.317 e. The second kappa shape index (κ2) is 4.52. The largest absolute Gasteiger partial charge is 0.336 e. The summed E-state index contributed by atoms with van der Waals surface area (Å²) in [5, 5.41) is 2.87. The molecule has 0 aliphatic carbocycles. The lowest BCUT2D eigenvalue weighted by atomic mass is 10.5. The van der Waals surface area contributed by atoms with Gasteiger partial charge in [-0.3, -0.25) is 9.36 Å². The van der Waals surface area contributed by atoms with E-state index in [-0.39, 0.29) is 16.7 Å². The van der Waals surface area contributed by atoms with Gasteiger partial charge in [0.2, 0.25) is 0 Å². The lowest BCUT2D eigenvalue weighted by molar-refractivity contribution is 0.215. The average molecular weight is 243 g/mol. The number of amides is 2. The average Bonchev–Trinajstić information content (AvgIpc) is 2.63. The van der Waals surface area contributed by atoms with Gasteiger partial charge in [0.05, 0.1) is 6.33 Å². The van der Waals surface area contributed by atoms with E-state index in [1.165, 1.54) is 17.0 Å². The first kappa shape index (κ1) is 10.9. The number of hydrogen-bond donors (Lipinski definition) is 1. The van der Waals surface area contributed by atoms with E-state index in [0.717, 1.165) is 0 Å². The Morgan fingerprint density at radius 2 is 2.25 bits per heavy atom. The van der Waals surface area contributed by atoms with Crippen molar-refractivity contribution in [3.8, 4) is 0 Å². The highest BCUT2D eigenvalue weighted by molar-refractivity contribution is 6.29. The molecular weight excluding hydrogens is 232 g/mol. The molecule has 1 N–H and O–H groups in total. The zero-order valence-electron chi connectivity index (χ0n) is 8.52. The third-order valence-electron chi connectivity index (χ3n) is 2.40. The quantitative estimate of drug-likeness (QED) is 0.754. The van der Waals surface area contributed by atoms with Crippen LogP contribution in [0, 0.1) is 0 Å². The predicted molar refractivity (Wildman–Crippen MR) is 58.5 cm³/mol. The van der Waals surface area contributed by atoms with E-state index < -0.39 is 0 Å². The number of urea groups is 1. The van der Waals surface area contributed by atoms with Crippen LogP contribution in [-0.2, 0) is 6.54 Å². The summed E-state index contributed by atoms with van der Waals surface area (Å²) in [4.78, 5) is 28.1. The Hall–Kier alpha value is -1.56. The number of aromatic nitrogens is 2. The molecule has 16 heavy (non-hydrogen) atoms. The van der Waals surface area contributed by atoms with E-state index in [1.807, 2.05) is 0 Å². The van der Waals surface area contributed by atoms with Gasteiger partial charge in [0.25, 0.3) is 5.56 Å². The van der Waals surface area contributed by atoms with Gasteiger partial charge >= 0.3 is 6.03 Å². The lowest BCUT2D eigenvalue weighted by Gasteiger charge is -2.14. The molecule has 1 aliphatic rings. The fraction of sp³-hybridized carbons (Fsp3) is 0.444. The van der Waals surface area contributed by atoms with Crippen LogP contribution in [0.5, 0.6) is 0 Å². The van der Waals surface area contributed by atoms with Crippen molar-refractivity contribution in [3.63, 3.8) is 0 Å². The number of hydrogen-bond acceptors (Lipinski definition) is 3. The lowest BCUT2D eigenvalue weighted by Crippen LogP contribution is -2.33. The Morgan fingerprint density at radius 1 is 1.44 bits per heavy atom. The van der Waals surface area contributed by atoms with Crippen LogP contribution in [0.4, 0.5) is 4.79 Å². The molecule has 86 valence electrons. The van der Waals surface area contributed by atoms with E-state index in [9.17, 15) is 9.59 Å². The molecule has 1 saturated heterocycles. The minimum atomic E-state index is -0.209. The number of halogens is 1.